The van der Waals surface area contributed by atoms with Crippen molar-refractivity contribution in [1.29, 1.82) is 0 Å². The summed E-state index contributed by atoms with van der Waals surface area (Å²) in [5, 5.41) is 5.57. The molecule has 0 aromatic heterocycles. The third-order valence-corrected chi connectivity index (χ3v) is 4.56. The Bertz CT molecular complexity index is 1080. The number of carbonyl (C=O) groups excluding carboxylic acids is 3. The summed E-state index contributed by atoms with van der Waals surface area (Å²) in [4.78, 5) is 38.7. The SMILES string of the molecule is O=C(CN1C(=O)COc2ccc(NC(=O)c3ccccc3)cc21)Nc1ccccc1. The normalized spacial score (nSPS) is 12.5. The van der Waals surface area contributed by atoms with Gasteiger partial charge in [-0.3, -0.25) is 19.3 Å². The summed E-state index contributed by atoms with van der Waals surface area (Å²) in [7, 11) is 0. The van der Waals surface area contributed by atoms with Gasteiger partial charge in [-0.25, -0.2) is 0 Å². The summed E-state index contributed by atoms with van der Waals surface area (Å²) < 4.78 is 5.47. The number of amides is 3. The van der Waals surface area contributed by atoms with Crippen LogP contribution in [0, 0.1) is 0 Å². The molecule has 0 aliphatic carbocycles. The molecule has 1 heterocycles. The fraction of sp³-hybridized carbons (Fsp3) is 0.0870. The van der Waals surface area contributed by atoms with E-state index in [2.05, 4.69) is 10.6 Å². The van der Waals surface area contributed by atoms with Crippen LogP contribution in [0.1, 0.15) is 10.4 Å². The molecular weight excluding hydrogens is 382 g/mol. The average molecular weight is 401 g/mol. The molecule has 7 heteroatoms. The van der Waals surface area contributed by atoms with E-state index in [-0.39, 0.29) is 30.9 Å². The monoisotopic (exact) mass is 401 g/mol. The van der Waals surface area contributed by atoms with Gasteiger partial charge in [-0.05, 0) is 42.5 Å². The van der Waals surface area contributed by atoms with Crippen molar-refractivity contribution < 1.29 is 19.1 Å². The van der Waals surface area contributed by atoms with E-state index >= 15 is 0 Å². The highest BCUT2D eigenvalue weighted by Gasteiger charge is 2.28. The number of rotatable bonds is 5. The van der Waals surface area contributed by atoms with Crippen molar-refractivity contribution in [3.63, 3.8) is 0 Å². The Morgan fingerprint density at radius 3 is 2.30 bits per heavy atom. The van der Waals surface area contributed by atoms with Crippen LogP contribution in [-0.4, -0.2) is 30.9 Å². The maximum atomic E-state index is 12.5. The second kappa shape index (κ2) is 8.48. The summed E-state index contributed by atoms with van der Waals surface area (Å²) in [6, 6.07) is 22.8. The molecule has 7 nitrogen and oxygen atoms in total. The highest BCUT2D eigenvalue weighted by molar-refractivity contribution is 6.07. The number of anilines is 3. The largest absolute Gasteiger partial charge is 0.482 e. The van der Waals surface area contributed by atoms with E-state index < -0.39 is 0 Å². The molecule has 0 spiro atoms. The smallest absolute Gasteiger partial charge is 0.265 e. The van der Waals surface area contributed by atoms with Crippen molar-refractivity contribution in [3.05, 3.63) is 84.4 Å². The predicted molar refractivity (Wildman–Crippen MR) is 114 cm³/mol. The van der Waals surface area contributed by atoms with Gasteiger partial charge in [0.05, 0.1) is 5.69 Å². The number of hydrogen-bond donors (Lipinski definition) is 2. The maximum Gasteiger partial charge on any atom is 0.265 e. The van der Waals surface area contributed by atoms with Gasteiger partial charge in [0.2, 0.25) is 5.91 Å². The number of nitrogens with zero attached hydrogens (tertiary/aromatic N) is 1. The van der Waals surface area contributed by atoms with Crippen LogP contribution in [0.25, 0.3) is 0 Å². The van der Waals surface area contributed by atoms with E-state index in [4.69, 9.17) is 4.74 Å². The number of fused-ring (bicyclic) bond motifs is 1. The number of ether oxygens (including phenoxy) is 1. The lowest BCUT2D eigenvalue weighted by Crippen LogP contribution is -2.43. The zero-order valence-electron chi connectivity index (χ0n) is 16.0. The lowest BCUT2D eigenvalue weighted by Gasteiger charge is -2.29. The topological polar surface area (TPSA) is 87.7 Å². The lowest BCUT2D eigenvalue weighted by molar-refractivity contribution is -0.123. The van der Waals surface area contributed by atoms with Gasteiger partial charge in [-0.2, -0.15) is 0 Å². The molecule has 30 heavy (non-hydrogen) atoms. The van der Waals surface area contributed by atoms with Crippen molar-refractivity contribution in [1.82, 2.24) is 0 Å². The fourth-order valence-electron chi connectivity index (χ4n) is 3.11. The Hall–Kier alpha value is -4.13. The first-order valence-electron chi connectivity index (χ1n) is 9.39. The van der Waals surface area contributed by atoms with Gasteiger partial charge in [0.1, 0.15) is 12.3 Å². The van der Waals surface area contributed by atoms with Gasteiger partial charge in [-0.15, -0.1) is 0 Å². The standard InChI is InChI=1S/C23H19N3O4/c27-21(24-17-9-5-2-6-10-17)14-26-19-13-18(11-12-20(19)30-15-22(26)28)25-23(29)16-7-3-1-4-8-16/h1-13H,14-15H2,(H,24,27)(H,25,29). The van der Waals surface area contributed by atoms with Gasteiger partial charge < -0.3 is 15.4 Å². The summed E-state index contributed by atoms with van der Waals surface area (Å²) in [6.07, 6.45) is 0. The minimum atomic E-state index is -0.336. The van der Waals surface area contributed by atoms with Crippen LogP contribution in [0.15, 0.2) is 78.9 Å². The van der Waals surface area contributed by atoms with Gasteiger partial charge >= 0.3 is 0 Å². The molecule has 3 amide bonds. The maximum absolute atomic E-state index is 12.5. The van der Waals surface area contributed by atoms with Gasteiger partial charge in [0, 0.05) is 16.9 Å². The second-order valence-electron chi connectivity index (χ2n) is 6.69. The molecule has 0 saturated carbocycles. The van der Waals surface area contributed by atoms with Crippen LogP contribution >= 0.6 is 0 Å². The number of carbonyl (C=O) groups is 3. The molecule has 3 aromatic rings. The molecule has 1 aliphatic heterocycles. The molecule has 150 valence electrons. The Kier molecular flexibility index (Phi) is 5.43. The molecule has 0 bridgehead atoms. The summed E-state index contributed by atoms with van der Waals surface area (Å²) in [5.41, 5.74) is 2.09. The molecule has 3 aromatic carbocycles. The zero-order chi connectivity index (χ0) is 20.9. The quantitative estimate of drug-likeness (QED) is 0.687. The van der Waals surface area contributed by atoms with Crippen LogP contribution in [0.2, 0.25) is 0 Å². The van der Waals surface area contributed by atoms with Crippen LogP contribution < -0.4 is 20.3 Å². The Labute approximate surface area is 173 Å². The Morgan fingerprint density at radius 1 is 0.867 bits per heavy atom. The number of hydrogen-bond acceptors (Lipinski definition) is 4. The Morgan fingerprint density at radius 2 is 1.57 bits per heavy atom. The minimum Gasteiger partial charge on any atom is -0.482 e. The summed E-state index contributed by atoms with van der Waals surface area (Å²) in [5.74, 6) is -0.467. The van der Waals surface area contributed by atoms with E-state index in [0.717, 1.165) is 0 Å². The first-order chi connectivity index (χ1) is 14.6. The van der Waals surface area contributed by atoms with Crippen molar-refractivity contribution in [3.8, 4) is 5.75 Å². The van der Waals surface area contributed by atoms with E-state index in [0.29, 0.717) is 28.4 Å². The molecule has 2 N–H and O–H groups in total. The van der Waals surface area contributed by atoms with Crippen LogP contribution in [-0.2, 0) is 9.59 Å². The molecule has 0 saturated heterocycles. The molecule has 0 unspecified atom stereocenters. The zero-order valence-corrected chi connectivity index (χ0v) is 16.0. The first-order valence-corrected chi connectivity index (χ1v) is 9.39. The van der Waals surface area contributed by atoms with Crippen molar-refractivity contribution in [2.24, 2.45) is 0 Å². The molecule has 4 rings (SSSR count). The third-order valence-electron chi connectivity index (χ3n) is 4.56. The Balaban J connectivity index is 1.53. The van der Waals surface area contributed by atoms with Crippen LogP contribution in [0.4, 0.5) is 17.1 Å². The van der Waals surface area contributed by atoms with E-state index in [1.165, 1.54) is 4.90 Å². The number of para-hydroxylation sites is 1. The highest BCUT2D eigenvalue weighted by atomic mass is 16.5. The van der Waals surface area contributed by atoms with E-state index in [1.54, 1.807) is 54.6 Å². The van der Waals surface area contributed by atoms with E-state index in [1.807, 2.05) is 24.3 Å². The van der Waals surface area contributed by atoms with Gasteiger partial charge in [0.25, 0.3) is 11.8 Å². The molecule has 1 aliphatic rings. The first kappa shape index (κ1) is 19.2. The molecule has 0 radical (unpaired) electrons. The summed E-state index contributed by atoms with van der Waals surface area (Å²) in [6.45, 7) is -0.318. The van der Waals surface area contributed by atoms with Crippen LogP contribution in [0.3, 0.4) is 0 Å². The average Bonchev–Trinajstić information content (AvgIpc) is 2.77. The molecule has 0 fully saturated rings. The van der Waals surface area contributed by atoms with Crippen molar-refractivity contribution in [2.75, 3.05) is 28.7 Å². The molecule has 0 atom stereocenters. The fourth-order valence-corrected chi connectivity index (χ4v) is 3.11. The lowest BCUT2D eigenvalue weighted by atomic mass is 10.1. The summed E-state index contributed by atoms with van der Waals surface area (Å²) >= 11 is 0. The predicted octanol–water partition coefficient (Wildman–Crippen LogP) is 3.30. The third kappa shape index (κ3) is 4.30. The highest BCUT2D eigenvalue weighted by Crippen LogP contribution is 2.34. The molecular formula is C23H19N3O4. The van der Waals surface area contributed by atoms with E-state index in [9.17, 15) is 14.4 Å². The minimum absolute atomic E-state index is 0.151. The second-order valence-corrected chi connectivity index (χ2v) is 6.69. The van der Waals surface area contributed by atoms with Gasteiger partial charge in [0.15, 0.2) is 6.61 Å². The number of nitrogens with one attached hydrogen (secondary N) is 2. The number of benzene rings is 3. The van der Waals surface area contributed by atoms with Crippen molar-refractivity contribution in [2.45, 2.75) is 0 Å². The van der Waals surface area contributed by atoms with Gasteiger partial charge in [-0.1, -0.05) is 36.4 Å². The van der Waals surface area contributed by atoms with Crippen LogP contribution in [0.5, 0.6) is 5.75 Å². The van der Waals surface area contributed by atoms with Crippen molar-refractivity contribution >= 4 is 34.8 Å².